The lowest BCUT2D eigenvalue weighted by Crippen LogP contribution is -2.40. The lowest BCUT2D eigenvalue weighted by atomic mass is 10.0. The molecule has 0 bridgehead atoms. The molecule has 2 N–H and O–H groups in total. The Labute approximate surface area is 499 Å². The van der Waals surface area contributed by atoms with Gasteiger partial charge in [0.15, 0.2) is 0 Å². The number of nitrogens with one attached hydrogen (secondary N) is 2. The van der Waals surface area contributed by atoms with Crippen molar-refractivity contribution in [2.45, 2.75) is 282 Å². The van der Waals surface area contributed by atoms with Crippen molar-refractivity contribution in [3.05, 3.63) is 24.3 Å². The molecule has 478 valence electrons. The van der Waals surface area contributed by atoms with E-state index in [0.717, 1.165) is 154 Å². The largest absolute Gasteiger partial charge is 0.849 e. The van der Waals surface area contributed by atoms with E-state index in [0.29, 0.717) is 86.6 Å². The van der Waals surface area contributed by atoms with Gasteiger partial charge in [-0.2, -0.15) is 0 Å². The predicted octanol–water partition coefficient (Wildman–Crippen LogP) is 11.0. The van der Waals surface area contributed by atoms with Crippen molar-refractivity contribution in [1.29, 1.82) is 0 Å². The first-order valence-electron chi connectivity index (χ1n) is 32.7. The van der Waals surface area contributed by atoms with E-state index < -0.39 is 36.4 Å². The molecule has 0 aromatic carbocycles. The van der Waals surface area contributed by atoms with E-state index in [-0.39, 0.29) is 49.4 Å². The average Bonchev–Trinajstić information content (AvgIpc) is 3.41. The second-order valence-corrected chi connectivity index (χ2v) is 24.9. The molecule has 0 saturated heterocycles. The van der Waals surface area contributed by atoms with E-state index in [4.69, 9.17) is 18.9 Å². The quantitative estimate of drug-likeness (QED) is 0.0192. The van der Waals surface area contributed by atoms with Crippen LogP contribution in [0.25, 0.3) is 0 Å². The third kappa shape index (κ3) is 54.1. The molecule has 0 spiro atoms. The molecule has 0 aliphatic rings. The number of amides is 2. The van der Waals surface area contributed by atoms with Gasteiger partial charge in [0, 0.05) is 51.6 Å². The summed E-state index contributed by atoms with van der Waals surface area (Å²) in [6, 6.07) is 0. The van der Waals surface area contributed by atoms with Crippen molar-refractivity contribution in [2.75, 3.05) is 81.7 Å². The molecular formula is C66H122N4O12. The van der Waals surface area contributed by atoms with Gasteiger partial charge in [-0.3, -0.25) is 28.8 Å². The van der Waals surface area contributed by atoms with Gasteiger partial charge in [-0.05, 0) is 103 Å². The fourth-order valence-corrected chi connectivity index (χ4v) is 9.15. The number of hydrogen-bond acceptors (Lipinski definition) is 12. The van der Waals surface area contributed by atoms with Crippen LogP contribution in [0, 0.1) is 0 Å². The van der Waals surface area contributed by atoms with Gasteiger partial charge >= 0.3 is 23.9 Å². The highest BCUT2D eigenvalue weighted by Gasteiger charge is 2.20. The Morgan fingerprint density at radius 1 is 0.390 bits per heavy atom. The second kappa shape index (κ2) is 52.7. The third-order valence-corrected chi connectivity index (χ3v) is 14.5. The highest BCUT2D eigenvalue weighted by atomic mass is 16.6. The molecule has 0 radical (unpaired) electrons. The Bertz CT molecular complexity index is 1560. The maximum Gasteiger partial charge on any atom is 0.306 e. The maximum absolute atomic E-state index is 13.0. The van der Waals surface area contributed by atoms with Gasteiger partial charge in [-0.1, -0.05) is 153 Å². The molecule has 0 rings (SSSR count). The summed E-state index contributed by atoms with van der Waals surface area (Å²) in [6.07, 6.45) is 35.4. The number of ether oxygens (including phenoxy) is 4. The number of quaternary nitrogens is 2. The smallest absolute Gasteiger partial charge is 0.306 e. The van der Waals surface area contributed by atoms with E-state index in [2.05, 4.69) is 36.6 Å². The summed E-state index contributed by atoms with van der Waals surface area (Å²) < 4.78 is 23.2. The van der Waals surface area contributed by atoms with Gasteiger partial charge in [0.1, 0.15) is 26.3 Å². The summed E-state index contributed by atoms with van der Waals surface area (Å²) in [6.45, 7) is 7.79. The minimum atomic E-state index is -1.02. The number of carbonyl (C=O) groups excluding carboxylic acids is 6. The zero-order chi connectivity index (χ0) is 61.0. The SMILES string of the molecule is CCCCCC(OC(=O)CCCC(=O)OCC[N+](C)(C)C)C([O-])C/C=C/CCCCCCCC(=O)NCCCCCCCCCCNC(=O)CCCCCCC/C=C/CC([O-])C(CCCCC)OC(=O)CCCC(=O)OCC[N+](C)(C)C. The van der Waals surface area contributed by atoms with Crippen LogP contribution >= 0.6 is 0 Å². The Balaban J connectivity index is 3.88. The Kier molecular flexibility index (Phi) is 50.2. The summed E-state index contributed by atoms with van der Waals surface area (Å²) in [5, 5.41) is 32.3. The number of rotatable bonds is 57. The zero-order valence-corrected chi connectivity index (χ0v) is 53.5. The van der Waals surface area contributed by atoms with E-state index in [1.165, 1.54) is 25.7 Å². The van der Waals surface area contributed by atoms with Crippen LogP contribution in [-0.4, -0.2) is 151 Å². The summed E-state index contributed by atoms with van der Waals surface area (Å²) in [4.78, 5) is 73.8. The molecule has 0 heterocycles. The summed E-state index contributed by atoms with van der Waals surface area (Å²) in [5.41, 5.74) is 0. The van der Waals surface area contributed by atoms with Crippen molar-refractivity contribution in [3.63, 3.8) is 0 Å². The maximum atomic E-state index is 13.0. The predicted molar refractivity (Wildman–Crippen MR) is 326 cm³/mol. The lowest BCUT2D eigenvalue weighted by molar-refractivity contribution is -0.870. The minimum absolute atomic E-state index is 0.0935. The fourth-order valence-electron chi connectivity index (χ4n) is 9.15. The van der Waals surface area contributed by atoms with Gasteiger partial charge in [-0.25, -0.2) is 0 Å². The van der Waals surface area contributed by atoms with Crippen LogP contribution in [0.2, 0.25) is 0 Å². The first-order chi connectivity index (χ1) is 39.3. The number of carbonyl (C=O) groups is 6. The van der Waals surface area contributed by atoms with E-state index in [1.807, 2.05) is 54.4 Å². The Morgan fingerprint density at radius 3 is 1.07 bits per heavy atom. The van der Waals surface area contributed by atoms with Gasteiger partial charge in [0.05, 0.1) is 54.5 Å². The summed E-state index contributed by atoms with van der Waals surface area (Å²) in [5.74, 6) is -1.21. The zero-order valence-electron chi connectivity index (χ0n) is 53.5. The molecule has 16 nitrogen and oxygen atoms in total. The summed E-state index contributed by atoms with van der Waals surface area (Å²) >= 11 is 0. The number of likely N-dealkylation sites (N-methyl/N-ethyl adjacent to an activating group) is 2. The number of nitrogens with zero attached hydrogens (tertiary/aromatic N) is 2. The van der Waals surface area contributed by atoms with Gasteiger partial charge in [0.2, 0.25) is 11.8 Å². The fraction of sp³-hybridized carbons (Fsp3) is 0.848. The molecule has 4 unspecified atom stereocenters. The molecule has 0 aromatic rings. The van der Waals surface area contributed by atoms with Crippen LogP contribution < -0.4 is 20.8 Å². The average molecular weight is 1160 g/mol. The molecule has 4 atom stereocenters. The highest BCUT2D eigenvalue weighted by Crippen LogP contribution is 2.18. The molecule has 82 heavy (non-hydrogen) atoms. The van der Waals surface area contributed by atoms with Crippen molar-refractivity contribution >= 4 is 35.7 Å². The molecule has 0 aliphatic heterocycles. The third-order valence-electron chi connectivity index (χ3n) is 14.5. The molecular weight excluding hydrogens is 1040 g/mol. The van der Waals surface area contributed by atoms with Crippen LogP contribution in [0.5, 0.6) is 0 Å². The first kappa shape index (κ1) is 78.1. The normalized spacial score (nSPS) is 13.4. The van der Waals surface area contributed by atoms with Gasteiger partial charge < -0.3 is 48.8 Å². The topological polar surface area (TPSA) is 210 Å². The van der Waals surface area contributed by atoms with Crippen molar-refractivity contribution in [2.24, 2.45) is 0 Å². The van der Waals surface area contributed by atoms with Crippen molar-refractivity contribution < 1.29 is 66.9 Å². The number of esters is 4. The molecule has 0 fully saturated rings. The van der Waals surface area contributed by atoms with Crippen LogP contribution in [0.3, 0.4) is 0 Å². The van der Waals surface area contributed by atoms with Crippen molar-refractivity contribution in [3.8, 4) is 0 Å². The van der Waals surface area contributed by atoms with E-state index in [9.17, 15) is 39.0 Å². The van der Waals surface area contributed by atoms with Crippen LogP contribution in [0.15, 0.2) is 24.3 Å². The van der Waals surface area contributed by atoms with Crippen LogP contribution in [0.4, 0.5) is 0 Å². The van der Waals surface area contributed by atoms with Crippen LogP contribution in [0.1, 0.15) is 258 Å². The minimum Gasteiger partial charge on any atom is -0.849 e. The summed E-state index contributed by atoms with van der Waals surface area (Å²) in [7, 11) is 12.2. The monoisotopic (exact) mass is 1160 g/mol. The molecule has 2 amide bonds. The number of unbranched alkanes of at least 4 members (excludes halogenated alkanes) is 21. The standard InChI is InChI=1S/C66H122N4O12/c1-9-11-31-43-59(81-65(77)49-39-47-63(75)79-55-53-69(3,4)5)57(71)41-33-25-19-13-15-21-27-35-45-61(73)67-51-37-29-23-17-18-24-30-38-52-68-62(74)46-36-28-22-16-14-20-26-34-42-58(72)60(44-32-12-10-2)82-66(78)50-40-48-64(76)80-56-54-70(6,7)8/h25-26,33-34,57-60H,9-24,27-32,35-56H2,1-8H3,(H,67,73)(H,68,74)/b33-25+,34-26+. The molecule has 16 heteroatoms. The molecule has 0 aliphatic carbocycles. The molecule has 0 aromatic heterocycles. The van der Waals surface area contributed by atoms with Crippen molar-refractivity contribution in [1.82, 2.24) is 10.6 Å². The highest BCUT2D eigenvalue weighted by molar-refractivity contribution is 5.76. The van der Waals surface area contributed by atoms with Gasteiger partial charge in [-0.15, -0.1) is 0 Å². The lowest BCUT2D eigenvalue weighted by Gasteiger charge is -2.31. The Hall–Kier alpha value is -3.86. The molecule has 0 saturated carbocycles. The van der Waals surface area contributed by atoms with E-state index >= 15 is 0 Å². The number of hydrogen-bond donors (Lipinski definition) is 2. The van der Waals surface area contributed by atoms with Crippen LogP contribution in [-0.2, 0) is 47.7 Å². The second-order valence-electron chi connectivity index (χ2n) is 24.9. The first-order valence-corrected chi connectivity index (χ1v) is 32.7. The Morgan fingerprint density at radius 2 is 0.720 bits per heavy atom. The van der Waals surface area contributed by atoms with E-state index in [1.54, 1.807) is 0 Å². The number of allylic oxidation sites excluding steroid dienone is 2. The van der Waals surface area contributed by atoms with Gasteiger partial charge in [0.25, 0.3) is 0 Å².